The second-order valence-electron chi connectivity index (χ2n) is 4.75. The first-order valence-corrected chi connectivity index (χ1v) is 6.16. The first-order valence-electron chi connectivity index (χ1n) is 6.16. The van der Waals surface area contributed by atoms with Gasteiger partial charge in [0.15, 0.2) is 0 Å². The Morgan fingerprint density at radius 3 is 2.35 bits per heavy atom. The van der Waals surface area contributed by atoms with Crippen molar-refractivity contribution >= 4 is 11.7 Å². The van der Waals surface area contributed by atoms with Gasteiger partial charge >= 0.3 is 12.1 Å². The minimum Gasteiger partial charge on any atom is -0.478 e. The Labute approximate surface area is 113 Å². The average Bonchev–Trinajstić information content (AvgIpc) is 2.38. The molecule has 2 N–H and O–H groups in total. The van der Waals surface area contributed by atoms with Crippen LogP contribution < -0.4 is 4.90 Å². The average molecular weight is 289 g/mol. The van der Waals surface area contributed by atoms with Crippen molar-refractivity contribution in [1.82, 2.24) is 0 Å². The van der Waals surface area contributed by atoms with E-state index in [9.17, 15) is 23.1 Å². The van der Waals surface area contributed by atoms with E-state index in [0.717, 1.165) is 6.07 Å². The number of aromatic carboxylic acids is 1. The van der Waals surface area contributed by atoms with Crippen LogP contribution in [0.2, 0.25) is 0 Å². The van der Waals surface area contributed by atoms with E-state index in [2.05, 4.69) is 0 Å². The van der Waals surface area contributed by atoms with Crippen molar-refractivity contribution in [3.8, 4) is 0 Å². The van der Waals surface area contributed by atoms with Gasteiger partial charge in [-0.25, -0.2) is 4.79 Å². The molecule has 0 atom stereocenters. The number of benzene rings is 1. The Kier molecular flexibility index (Phi) is 3.89. The van der Waals surface area contributed by atoms with Crippen LogP contribution in [-0.4, -0.2) is 35.4 Å². The van der Waals surface area contributed by atoms with Crippen LogP contribution in [0.1, 0.15) is 28.8 Å². The maximum Gasteiger partial charge on any atom is 0.416 e. The fourth-order valence-corrected chi connectivity index (χ4v) is 2.27. The predicted molar refractivity (Wildman–Crippen MR) is 65.9 cm³/mol. The number of rotatable bonds is 2. The highest BCUT2D eigenvalue weighted by molar-refractivity contribution is 5.94. The van der Waals surface area contributed by atoms with Crippen LogP contribution in [0.3, 0.4) is 0 Å². The van der Waals surface area contributed by atoms with Gasteiger partial charge in [-0.05, 0) is 31.0 Å². The Bertz CT molecular complexity index is 508. The SMILES string of the molecule is O=C(O)c1cc(C(F)(F)F)ccc1N1CCC(O)CC1. The molecule has 1 aromatic rings. The summed E-state index contributed by atoms with van der Waals surface area (Å²) in [5.74, 6) is -1.39. The van der Waals surface area contributed by atoms with E-state index in [1.165, 1.54) is 6.07 Å². The Balaban J connectivity index is 2.36. The molecule has 1 heterocycles. The molecule has 20 heavy (non-hydrogen) atoms. The number of aliphatic hydroxyl groups excluding tert-OH is 1. The molecule has 4 nitrogen and oxygen atoms in total. The zero-order valence-electron chi connectivity index (χ0n) is 10.5. The van der Waals surface area contributed by atoms with E-state index in [-0.39, 0.29) is 11.3 Å². The summed E-state index contributed by atoms with van der Waals surface area (Å²) in [6.45, 7) is 0.847. The van der Waals surface area contributed by atoms with Crippen LogP contribution in [0.4, 0.5) is 18.9 Å². The van der Waals surface area contributed by atoms with E-state index in [4.69, 9.17) is 5.11 Å². The summed E-state index contributed by atoms with van der Waals surface area (Å²) in [5.41, 5.74) is -1.08. The molecule has 0 radical (unpaired) electrons. The van der Waals surface area contributed by atoms with Gasteiger partial charge in [0.25, 0.3) is 0 Å². The molecule has 1 fully saturated rings. The number of alkyl halides is 3. The highest BCUT2D eigenvalue weighted by Crippen LogP contribution is 2.33. The number of piperidine rings is 1. The van der Waals surface area contributed by atoms with Crippen molar-refractivity contribution in [2.45, 2.75) is 25.1 Å². The molecule has 0 aromatic heterocycles. The van der Waals surface area contributed by atoms with Crippen LogP contribution in [0.5, 0.6) is 0 Å². The lowest BCUT2D eigenvalue weighted by molar-refractivity contribution is -0.137. The molecule has 0 aliphatic carbocycles. The van der Waals surface area contributed by atoms with Gasteiger partial charge in [0.1, 0.15) is 0 Å². The smallest absolute Gasteiger partial charge is 0.416 e. The minimum absolute atomic E-state index is 0.261. The third-order valence-electron chi connectivity index (χ3n) is 3.36. The lowest BCUT2D eigenvalue weighted by Crippen LogP contribution is -2.36. The summed E-state index contributed by atoms with van der Waals surface area (Å²) in [5, 5.41) is 18.5. The summed E-state index contributed by atoms with van der Waals surface area (Å²) in [6.07, 6.45) is -4.06. The van der Waals surface area contributed by atoms with Crippen molar-refractivity contribution in [3.63, 3.8) is 0 Å². The monoisotopic (exact) mass is 289 g/mol. The van der Waals surface area contributed by atoms with Crippen LogP contribution >= 0.6 is 0 Å². The number of nitrogens with zero attached hydrogens (tertiary/aromatic N) is 1. The molecule has 2 rings (SSSR count). The summed E-state index contributed by atoms with van der Waals surface area (Å²) in [7, 11) is 0. The third-order valence-corrected chi connectivity index (χ3v) is 3.36. The third kappa shape index (κ3) is 3.04. The van der Waals surface area contributed by atoms with Crippen LogP contribution in [0, 0.1) is 0 Å². The maximum atomic E-state index is 12.6. The molecule has 0 bridgehead atoms. The molecule has 1 aliphatic heterocycles. The number of carbonyl (C=O) groups is 1. The highest BCUT2D eigenvalue weighted by atomic mass is 19.4. The molecule has 0 unspecified atom stereocenters. The minimum atomic E-state index is -4.57. The Morgan fingerprint density at radius 2 is 1.85 bits per heavy atom. The summed E-state index contributed by atoms with van der Waals surface area (Å²) in [6, 6.07) is 2.72. The van der Waals surface area contributed by atoms with E-state index >= 15 is 0 Å². The van der Waals surface area contributed by atoms with Gasteiger partial charge in [-0.1, -0.05) is 0 Å². The summed E-state index contributed by atoms with van der Waals surface area (Å²) >= 11 is 0. The Morgan fingerprint density at radius 1 is 1.25 bits per heavy atom. The van der Waals surface area contributed by atoms with Gasteiger partial charge in [-0.3, -0.25) is 0 Å². The summed E-state index contributed by atoms with van der Waals surface area (Å²) in [4.78, 5) is 12.9. The zero-order valence-corrected chi connectivity index (χ0v) is 10.5. The molecule has 7 heteroatoms. The number of hydrogen-bond donors (Lipinski definition) is 2. The standard InChI is InChI=1S/C13H14F3NO3/c14-13(15,16)8-1-2-11(10(7-8)12(19)20)17-5-3-9(18)4-6-17/h1-2,7,9,18H,3-6H2,(H,19,20). The number of halogens is 3. The number of carboxylic acid groups (broad SMARTS) is 1. The first-order chi connectivity index (χ1) is 9.29. The van der Waals surface area contributed by atoms with E-state index in [0.29, 0.717) is 32.0 Å². The second-order valence-corrected chi connectivity index (χ2v) is 4.75. The summed E-state index contributed by atoms with van der Waals surface area (Å²) < 4.78 is 37.9. The van der Waals surface area contributed by atoms with E-state index < -0.39 is 23.8 Å². The van der Waals surface area contributed by atoms with Crippen molar-refractivity contribution in [2.24, 2.45) is 0 Å². The molecule has 0 spiro atoms. The fourth-order valence-electron chi connectivity index (χ4n) is 2.27. The fraction of sp³-hybridized carbons (Fsp3) is 0.462. The van der Waals surface area contributed by atoms with Gasteiger partial charge in [-0.15, -0.1) is 0 Å². The quantitative estimate of drug-likeness (QED) is 0.877. The molecule has 1 saturated heterocycles. The molecular formula is C13H14F3NO3. The number of aliphatic hydroxyl groups is 1. The lowest BCUT2D eigenvalue weighted by Gasteiger charge is -2.32. The van der Waals surface area contributed by atoms with Gasteiger partial charge in [0.2, 0.25) is 0 Å². The predicted octanol–water partition coefficient (Wildman–Crippen LogP) is 2.36. The number of carboxylic acids is 1. The Hall–Kier alpha value is -1.76. The van der Waals surface area contributed by atoms with Crippen molar-refractivity contribution in [3.05, 3.63) is 29.3 Å². The number of hydrogen-bond acceptors (Lipinski definition) is 3. The maximum absolute atomic E-state index is 12.6. The van der Waals surface area contributed by atoms with E-state index in [1.54, 1.807) is 4.90 Å². The lowest BCUT2D eigenvalue weighted by atomic mass is 10.0. The van der Waals surface area contributed by atoms with Crippen LogP contribution in [0.25, 0.3) is 0 Å². The van der Waals surface area contributed by atoms with Crippen LogP contribution in [-0.2, 0) is 6.18 Å². The molecule has 1 aliphatic rings. The first kappa shape index (κ1) is 14.6. The number of anilines is 1. The largest absolute Gasteiger partial charge is 0.478 e. The molecule has 110 valence electrons. The zero-order chi connectivity index (χ0) is 14.9. The molecule has 0 saturated carbocycles. The van der Waals surface area contributed by atoms with Gasteiger partial charge in [0, 0.05) is 13.1 Å². The molecule has 1 aromatic carbocycles. The molecular weight excluding hydrogens is 275 g/mol. The normalized spacial score (nSPS) is 17.3. The van der Waals surface area contributed by atoms with Gasteiger partial charge < -0.3 is 15.1 Å². The van der Waals surface area contributed by atoms with Crippen molar-refractivity contribution < 1.29 is 28.2 Å². The van der Waals surface area contributed by atoms with E-state index in [1.807, 2.05) is 0 Å². The molecule has 0 amide bonds. The van der Waals surface area contributed by atoms with Gasteiger partial charge in [0.05, 0.1) is 22.9 Å². The van der Waals surface area contributed by atoms with Crippen molar-refractivity contribution in [1.29, 1.82) is 0 Å². The van der Waals surface area contributed by atoms with Gasteiger partial charge in [-0.2, -0.15) is 13.2 Å². The topological polar surface area (TPSA) is 60.8 Å². The second kappa shape index (κ2) is 5.32. The van der Waals surface area contributed by atoms with Crippen molar-refractivity contribution in [2.75, 3.05) is 18.0 Å². The van der Waals surface area contributed by atoms with Crippen LogP contribution in [0.15, 0.2) is 18.2 Å². The highest BCUT2D eigenvalue weighted by Gasteiger charge is 2.32.